The topological polar surface area (TPSA) is 106 Å². The number of pyridine rings is 2. The van der Waals surface area contributed by atoms with Crippen molar-refractivity contribution in [2.24, 2.45) is 5.92 Å². The van der Waals surface area contributed by atoms with E-state index < -0.39 is 5.82 Å². The van der Waals surface area contributed by atoms with E-state index in [2.05, 4.69) is 20.6 Å². The maximum atomic E-state index is 14.3. The Morgan fingerprint density at radius 1 is 1.11 bits per heavy atom. The van der Waals surface area contributed by atoms with E-state index in [1.165, 1.54) is 18.6 Å². The van der Waals surface area contributed by atoms with Crippen LogP contribution in [0.2, 0.25) is 0 Å². The largest absolute Gasteiger partial charge is 0.421 e. The first-order valence-electron chi connectivity index (χ1n) is 15.6. The van der Waals surface area contributed by atoms with Crippen molar-refractivity contribution in [1.29, 1.82) is 5.26 Å². The maximum Gasteiger partial charge on any atom is 0.250 e. The van der Waals surface area contributed by atoms with Gasteiger partial charge in [0.05, 0.1) is 33.5 Å². The van der Waals surface area contributed by atoms with Crippen LogP contribution in [0.3, 0.4) is 0 Å². The molecule has 0 spiro atoms. The third-order valence-corrected chi connectivity index (χ3v) is 10.5. The summed E-state index contributed by atoms with van der Waals surface area (Å²) in [5.74, 6) is 1.11. The summed E-state index contributed by atoms with van der Waals surface area (Å²) in [6, 6.07) is 11.1. The Morgan fingerprint density at radius 3 is 2.80 bits per heavy atom. The van der Waals surface area contributed by atoms with E-state index in [0.29, 0.717) is 30.3 Å². The number of hydrogen-bond donors (Lipinski definition) is 0. The Labute approximate surface area is 264 Å². The Kier molecular flexibility index (Phi) is 7.36. The van der Waals surface area contributed by atoms with Crippen LogP contribution in [-0.2, 0) is 17.7 Å². The van der Waals surface area contributed by atoms with Gasteiger partial charge in [-0.3, -0.25) is 4.98 Å². The number of nitrogens with zero attached hydrogens (tertiary/aromatic N) is 7. The van der Waals surface area contributed by atoms with Crippen LogP contribution in [0.5, 0.6) is 0 Å². The molecule has 4 aromatic heterocycles. The summed E-state index contributed by atoms with van der Waals surface area (Å²) in [6.45, 7) is 4.94. The predicted molar refractivity (Wildman–Crippen MR) is 168 cm³/mol. The van der Waals surface area contributed by atoms with Crippen LogP contribution in [0.1, 0.15) is 66.6 Å². The molecule has 0 radical (unpaired) electrons. The number of fused-ring (bicyclic) bond motifs is 4. The molecule has 2 fully saturated rings. The van der Waals surface area contributed by atoms with Crippen LogP contribution in [0.4, 0.5) is 4.39 Å². The van der Waals surface area contributed by atoms with Gasteiger partial charge >= 0.3 is 0 Å². The van der Waals surface area contributed by atoms with Crippen LogP contribution >= 0.6 is 11.9 Å². The second kappa shape index (κ2) is 11.7. The number of hydrogen-bond acceptors (Lipinski definition) is 9. The number of ether oxygens (including phenoxy) is 1. The molecule has 5 aromatic rings. The summed E-state index contributed by atoms with van der Waals surface area (Å²) in [7, 11) is 0. The number of benzene rings is 1. The van der Waals surface area contributed by atoms with Crippen LogP contribution in [0, 0.1) is 30.0 Å². The molecule has 1 aromatic carbocycles. The molecule has 2 saturated heterocycles. The van der Waals surface area contributed by atoms with Gasteiger partial charge in [0, 0.05) is 62.1 Å². The fourth-order valence-electron chi connectivity index (χ4n) is 6.94. The molecule has 0 amide bonds. The first-order chi connectivity index (χ1) is 22.1. The average molecular weight is 622 g/mol. The standard InChI is InChI=1S/C34H32FN7O2S/c1-20-39-40-34(44-20)30-27(7-5-21-9-13-43-14-10-21)38-31-28-3-2-11-42(28)45-32(31)29(30)25-16-23-8-12-41(33(23)37-18-25)19-22-4-6-24(17-36)26(35)15-22/h4,6,8,12,15-16,18,21,28H,2-3,5,7,9-11,13-14,19H2,1H3. The fraction of sp³-hybridized carbons (Fsp3) is 0.382. The molecule has 0 bridgehead atoms. The van der Waals surface area contributed by atoms with E-state index >= 15 is 0 Å². The second-order valence-corrected chi connectivity index (χ2v) is 13.2. The number of rotatable bonds is 7. The highest BCUT2D eigenvalue weighted by atomic mass is 32.2. The van der Waals surface area contributed by atoms with Gasteiger partial charge < -0.3 is 13.7 Å². The van der Waals surface area contributed by atoms with E-state index in [-0.39, 0.29) is 5.56 Å². The Hall–Kier alpha value is -4.11. The molecule has 3 aliphatic heterocycles. The van der Waals surface area contributed by atoms with Crippen LogP contribution < -0.4 is 0 Å². The molecule has 7 heterocycles. The number of aryl methyl sites for hydroxylation is 2. The quantitative estimate of drug-likeness (QED) is 0.177. The van der Waals surface area contributed by atoms with E-state index in [1.54, 1.807) is 18.0 Å². The van der Waals surface area contributed by atoms with Crippen molar-refractivity contribution in [2.45, 2.75) is 62.9 Å². The van der Waals surface area contributed by atoms with Gasteiger partial charge in [0.2, 0.25) is 11.8 Å². The zero-order valence-electron chi connectivity index (χ0n) is 25.0. The Morgan fingerprint density at radius 2 is 2.00 bits per heavy atom. The Bertz CT molecular complexity index is 1960. The lowest BCUT2D eigenvalue weighted by Gasteiger charge is -2.23. The van der Waals surface area contributed by atoms with Crippen LogP contribution in [-0.4, -0.2) is 48.8 Å². The molecule has 9 nitrogen and oxygen atoms in total. The first kappa shape index (κ1) is 28.4. The molecular formula is C34H32FN7O2S. The molecule has 0 saturated carbocycles. The van der Waals surface area contributed by atoms with Gasteiger partial charge in [-0.1, -0.05) is 6.07 Å². The molecule has 0 N–H and O–H groups in total. The number of halogens is 1. The van der Waals surface area contributed by atoms with Gasteiger partial charge in [-0.05, 0) is 86.2 Å². The van der Waals surface area contributed by atoms with Crippen molar-refractivity contribution in [2.75, 3.05) is 19.8 Å². The van der Waals surface area contributed by atoms with Gasteiger partial charge in [0.1, 0.15) is 17.5 Å². The van der Waals surface area contributed by atoms with Crippen LogP contribution in [0.25, 0.3) is 33.6 Å². The molecule has 8 rings (SSSR count). The third kappa shape index (κ3) is 5.21. The van der Waals surface area contributed by atoms with Gasteiger partial charge in [0.15, 0.2) is 0 Å². The van der Waals surface area contributed by atoms with Crippen molar-refractivity contribution >= 4 is 23.0 Å². The minimum Gasteiger partial charge on any atom is -0.421 e. The van der Waals surface area contributed by atoms with Gasteiger partial charge in [-0.2, -0.15) is 5.26 Å². The molecule has 1 atom stereocenters. The first-order valence-corrected chi connectivity index (χ1v) is 16.4. The summed E-state index contributed by atoms with van der Waals surface area (Å²) in [4.78, 5) is 11.5. The molecule has 1 unspecified atom stereocenters. The fourth-order valence-corrected chi connectivity index (χ4v) is 8.32. The minimum absolute atomic E-state index is 0.0430. The zero-order valence-corrected chi connectivity index (χ0v) is 25.8. The zero-order chi connectivity index (χ0) is 30.5. The molecule has 11 heteroatoms. The summed E-state index contributed by atoms with van der Waals surface area (Å²) in [5.41, 5.74) is 6.71. The monoisotopic (exact) mass is 621 g/mol. The van der Waals surface area contributed by atoms with Crippen molar-refractivity contribution < 1.29 is 13.5 Å². The molecule has 45 heavy (non-hydrogen) atoms. The average Bonchev–Trinajstić information content (AvgIpc) is 3.85. The smallest absolute Gasteiger partial charge is 0.250 e. The highest BCUT2D eigenvalue weighted by molar-refractivity contribution is 7.97. The lowest BCUT2D eigenvalue weighted by Crippen LogP contribution is -2.17. The van der Waals surface area contributed by atoms with Gasteiger partial charge in [-0.15, -0.1) is 10.2 Å². The SMILES string of the molecule is Cc1nnc(-c2c(CCC3CCOCC3)nc3c(c2-c2cnc4c(ccn4Cc4ccc(C#N)c(F)c4)c2)SN2CCCC32)o1. The van der Waals surface area contributed by atoms with Crippen molar-refractivity contribution in [1.82, 2.24) is 29.0 Å². The van der Waals surface area contributed by atoms with Crippen molar-refractivity contribution in [3.63, 3.8) is 0 Å². The van der Waals surface area contributed by atoms with E-state index in [4.69, 9.17) is 24.4 Å². The summed E-state index contributed by atoms with van der Waals surface area (Å²) < 4.78 is 30.5. The molecule has 3 aliphatic rings. The maximum absolute atomic E-state index is 14.3. The predicted octanol–water partition coefficient (Wildman–Crippen LogP) is 7.03. The summed E-state index contributed by atoms with van der Waals surface area (Å²) in [6.07, 6.45) is 10.2. The third-order valence-electron chi connectivity index (χ3n) is 9.25. The van der Waals surface area contributed by atoms with E-state index in [9.17, 15) is 4.39 Å². The molecule has 0 aliphatic carbocycles. The lowest BCUT2D eigenvalue weighted by atomic mass is 9.90. The Balaban J connectivity index is 1.24. The lowest BCUT2D eigenvalue weighted by molar-refractivity contribution is 0.0639. The normalized spacial score (nSPS) is 18.4. The molecule has 228 valence electrons. The van der Waals surface area contributed by atoms with Gasteiger partial charge in [-0.25, -0.2) is 13.7 Å². The van der Waals surface area contributed by atoms with Crippen LogP contribution in [0.15, 0.2) is 52.0 Å². The second-order valence-electron chi connectivity index (χ2n) is 12.1. The van der Waals surface area contributed by atoms with E-state index in [1.807, 2.05) is 36.0 Å². The summed E-state index contributed by atoms with van der Waals surface area (Å²) in [5, 5.41) is 18.8. The highest BCUT2D eigenvalue weighted by Gasteiger charge is 2.40. The number of aromatic nitrogens is 5. The number of nitriles is 1. The van der Waals surface area contributed by atoms with Crippen molar-refractivity contribution in [3.8, 4) is 28.7 Å². The minimum atomic E-state index is -0.511. The highest BCUT2D eigenvalue weighted by Crippen LogP contribution is 2.55. The van der Waals surface area contributed by atoms with Crippen molar-refractivity contribution in [3.05, 3.63) is 76.9 Å². The summed E-state index contributed by atoms with van der Waals surface area (Å²) >= 11 is 1.79. The van der Waals surface area contributed by atoms with E-state index in [0.717, 1.165) is 101 Å². The molecular weight excluding hydrogens is 589 g/mol. The van der Waals surface area contributed by atoms with Gasteiger partial charge in [0.25, 0.3) is 0 Å².